The minimum Gasteiger partial charge on any atom is -0.453 e. The van der Waals surface area contributed by atoms with Crippen LogP contribution in [0, 0.1) is 0 Å². The molecule has 0 heterocycles. The largest absolute Gasteiger partial charge is 0.453 e. The average molecular weight is 233 g/mol. The molecule has 0 saturated heterocycles. The highest BCUT2D eigenvalue weighted by Gasteiger charge is 2.22. The summed E-state index contributed by atoms with van der Waals surface area (Å²) in [4.78, 5) is 23.1. The van der Waals surface area contributed by atoms with Gasteiger partial charge in [0, 0.05) is 0 Å². The lowest BCUT2D eigenvalue weighted by molar-refractivity contribution is -0.117. The van der Waals surface area contributed by atoms with Gasteiger partial charge in [-0.05, 0) is 18.1 Å². The third-order valence-corrected chi connectivity index (χ3v) is 2.26. The minimum absolute atomic E-state index is 0.235. The van der Waals surface area contributed by atoms with E-state index in [4.69, 9.17) is 0 Å². The molecule has 0 aromatic heterocycles. The Labute approximate surface area is 100 Å². The van der Waals surface area contributed by atoms with Crippen LogP contribution in [-0.4, -0.2) is 19.0 Å². The molecular formula is C13H15NO3. The summed E-state index contributed by atoms with van der Waals surface area (Å²) in [6, 6.07) is 8.22. The molecule has 4 heteroatoms. The van der Waals surface area contributed by atoms with Gasteiger partial charge in [0.1, 0.15) is 6.04 Å². The molecule has 0 bridgehead atoms. The summed E-state index contributed by atoms with van der Waals surface area (Å²) in [6.07, 6.45) is -0.645. The molecule has 0 saturated carbocycles. The van der Waals surface area contributed by atoms with Crippen molar-refractivity contribution in [1.82, 2.24) is 5.32 Å². The van der Waals surface area contributed by atoms with Gasteiger partial charge in [0.15, 0.2) is 5.78 Å². The van der Waals surface area contributed by atoms with Crippen LogP contribution < -0.4 is 5.32 Å². The van der Waals surface area contributed by atoms with E-state index in [2.05, 4.69) is 16.6 Å². The smallest absolute Gasteiger partial charge is 0.407 e. The first-order chi connectivity index (χ1) is 8.06. The second kappa shape index (κ2) is 5.84. The summed E-state index contributed by atoms with van der Waals surface area (Å²) >= 11 is 0. The highest BCUT2D eigenvalue weighted by Crippen LogP contribution is 2.16. The number of hydrogen-bond acceptors (Lipinski definition) is 3. The number of nitrogens with one attached hydrogen (secondary N) is 1. The molecular weight excluding hydrogens is 218 g/mol. The van der Waals surface area contributed by atoms with Crippen molar-refractivity contribution < 1.29 is 14.3 Å². The number of carbonyl (C=O) groups is 2. The van der Waals surface area contributed by atoms with Gasteiger partial charge in [-0.3, -0.25) is 4.79 Å². The van der Waals surface area contributed by atoms with Crippen LogP contribution in [0.25, 0.3) is 0 Å². The first-order valence-corrected chi connectivity index (χ1v) is 5.15. The summed E-state index contributed by atoms with van der Waals surface area (Å²) in [7, 11) is 1.25. The van der Waals surface area contributed by atoms with Crippen molar-refractivity contribution >= 4 is 11.9 Å². The Morgan fingerprint density at radius 2 is 1.88 bits per heavy atom. The van der Waals surface area contributed by atoms with Crippen molar-refractivity contribution in [2.75, 3.05) is 7.11 Å². The van der Waals surface area contributed by atoms with Crippen molar-refractivity contribution in [3.8, 4) is 0 Å². The number of methoxy groups -OCH3 is 1. The predicted molar refractivity (Wildman–Crippen MR) is 64.5 cm³/mol. The summed E-state index contributed by atoms with van der Waals surface area (Å²) in [6.45, 7) is 5.20. The summed E-state index contributed by atoms with van der Waals surface area (Å²) < 4.78 is 4.50. The molecule has 0 aliphatic rings. The molecule has 17 heavy (non-hydrogen) atoms. The van der Waals surface area contributed by atoms with E-state index in [0.29, 0.717) is 11.1 Å². The number of ether oxygens (including phenoxy) is 1. The van der Waals surface area contributed by atoms with E-state index >= 15 is 0 Å². The van der Waals surface area contributed by atoms with Crippen LogP contribution in [0.2, 0.25) is 0 Å². The molecule has 1 aromatic carbocycles. The molecule has 0 aliphatic heterocycles. The van der Waals surface area contributed by atoms with E-state index in [1.807, 2.05) is 6.07 Å². The molecule has 4 nitrogen and oxygen atoms in total. The van der Waals surface area contributed by atoms with E-state index in [1.54, 1.807) is 31.2 Å². The monoisotopic (exact) mass is 233 g/mol. The molecule has 1 amide bonds. The highest BCUT2D eigenvalue weighted by atomic mass is 16.5. The molecule has 90 valence electrons. The molecule has 0 unspecified atom stereocenters. The van der Waals surface area contributed by atoms with Gasteiger partial charge in [-0.2, -0.15) is 0 Å². The number of alkyl carbamates (subject to hydrolysis) is 1. The standard InChI is InChI=1S/C13H15NO3/c1-9(2)12(15)11(14-13(16)17-3)10-7-5-4-6-8-10/h4-8,11H,1H2,2-3H3,(H,14,16)/t11-/m1/s1. The SMILES string of the molecule is C=C(C)C(=O)[C@H](NC(=O)OC)c1ccccc1. The van der Waals surface area contributed by atoms with Crippen LogP contribution >= 0.6 is 0 Å². The molecule has 0 fully saturated rings. The van der Waals surface area contributed by atoms with Crippen LogP contribution in [0.15, 0.2) is 42.5 Å². The van der Waals surface area contributed by atoms with Crippen molar-refractivity contribution in [1.29, 1.82) is 0 Å². The normalized spacial score (nSPS) is 11.4. The third-order valence-electron chi connectivity index (χ3n) is 2.26. The Balaban J connectivity index is 2.98. The summed E-state index contributed by atoms with van der Waals surface area (Å²) in [5, 5.41) is 2.49. The molecule has 1 aromatic rings. The van der Waals surface area contributed by atoms with Gasteiger partial charge in [0.25, 0.3) is 0 Å². The molecule has 1 rings (SSSR count). The van der Waals surface area contributed by atoms with Crippen molar-refractivity contribution in [3.05, 3.63) is 48.0 Å². The van der Waals surface area contributed by atoms with Crippen LogP contribution in [0.3, 0.4) is 0 Å². The Hall–Kier alpha value is -2.10. The Bertz CT molecular complexity index is 426. The number of rotatable bonds is 4. The fraction of sp³-hybridized carbons (Fsp3) is 0.231. The number of hydrogen-bond donors (Lipinski definition) is 1. The van der Waals surface area contributed by atoms with Gasteiger partial charge in [0.05, 0.1) is 7.11 Å². The number of carbonyl (C=O) groups excluding carboxylic acids is 2. The number of benzene rings is 1. The predicted octanol–water partition coefficient (Wildman–Crippen LogP) is 2.23. The Kier molecular flexibility index (Phi) is 4.46. The first kappa shape index (κ1) is 13.0. The van der Waals surface area contributed by atoms with E-state index < -0.39 is 12.1 Å². The quantitative estimate of drug-likeness (QED) is 0.811. The Morgan fingerprint density at radius 3 is 2.35 bits per heavy atom. The van der Waals surface area contributed by atoms with Crippen LogP contribution in [0.1, 0.15) is 18.5 Å². The fourth-order valence-electron chi connectivity index (χ4n) is 1.37. The number of amides is 1. The first-order valence-electron chi connectivity index (χ1n) is 5.15. The van der Waals surface area contributed by atoms with Gasteiger partial charge >= 0.3 is 6.09 Å². The molecule has 0 spiro atoms. The van der Waals surface area contributed by atoms with Gasteiger partial charge < -0.3 is 10.1 Å². The minimum atomic E-state index is -0.749. The fourth-order valence-corrected chi connectivity index (χ4v) is 1.37. The van der Waals surface area contributed by atoms with Gasteiger partial charge in [-0.15, -0.1) is 0 Å². The zero-order valence-electron chi connectivity index (χ0n) is 9.90. The van der Waals surface area contributed by atoms with E-state index in [1.165, 1.54) is 7.11 Å². The summed E-state index contributed by atoms with van der Waals surface area (Å²) in [5.74, 6) is -0.235. The zero-order chi connectivity index (χ0) is 12.8. The number of ketones is 1. The summed E-state index contributed by atoms with van der Waals surface area (Å²) in [5.41, 5.74) is 1.08. The second-order valence-corrected chi connectivity index (χ2v) is 3.62. The van der Waals surface area contributed by atoms with Crippen molar-refractivity contribution in [2.24, 2.45) is 0 Å². The van der Waals surface area contributed by atoms with Crippen LogP contribution in [0.5, 0.6) is 0 Å². The Morgan fingerprint density at radius 1 is 1.29 bits per heavy atom. The van der Waals surface area contributed by atoms with Crippen LogP contribution in [0.4, 0.5) is 4.79 Å². The third kappa shape index (κ3) is 3.45. The van der Waals surface area contributed by atoms with Crippen LogP contribution in [-0.2, 0) is 9.53 Å². The topological polar surface area (TPSA) is 55.4 Å². The second-order valence-electron chi connectivity index (χ2n) is 3.62. The maximum atomic E-state index is 11.9. The molecule has 1 atom stereocenters. The molecule has 0 aliphatic carbocycles. The average Bonchev–Trinajstić information content (AvgIpc) is 2.35. The zero-order valence-corrected chi connectivity index (χ0v) is 9.90. The van der Waals surface area contributed by atoms with Gasteiger partial charge in [-0.1, -0.05) is 36.9 Å². The van der Waals surface area contributed by atoms with Gasteiger partial charge in [-0.25, -0.2) is 4.79 Å². The van der Waals surface area contributed by atoms with E-state index in [0.717, 1.165) is 0 Å². The highest BCUT2D eigenvalue weighted by molar-refractivity contribution is 6.00. The van der Waals surface area contributed by atoms with Crippen molar-refractivity contribution in [3.63, 3.8) is 0 Å². The number of Topliss-reactive ketones (excluding diaryl/α,β-unsaturated/α-hetero) is 1. The molecule has 1 N–H and O–H groups in total. The molecule has 0 radical (unpaired) electrons. The van der Waals surface area contributed by atoms with E-state index in [-0.39, 0.29) is 5.78 Å². The van der Waals surface area contributed by atoms with E-state index in [9.17, 15) is 9.59 Å². The lowest BCUT2D eigenvalue weighted by Crippen LogP contribution is -2.34. The maximum absolute atomic E-state index is 11.9. The lowest BCUT2D eigenvalue weighted by atomic mass is 9.99. The lowest BCUT2D eigenvalue weighted by Gasteiger charge is -2.17. The van der Waals surface area contributed by atoms with Gasteiger partial charge in [0.2, 0.25) is 0 Å². The van der Waals surface area contributed by atoms with Crippen molar-refractivity contribution in [2.45, 2.75) is 13.0 Å². The maximum Gasteiger partial charge on any atom is 0.407 e.